The van der Waals surface area contributed by atoms with Crippen molar-refractivity contribution in [1.82, 2.24) is 15.6 Å². The molecule has 17 heavy (non-hydrogen) atoms. The average Bonchev–Trinajstić information content (AvgIpc) is 2.70. The second-order valence-corrected chi connectivity index (χ2v) is 4.17. The molecule has 0 spiro atoms. The molecule has 6 nitrogen and oxygen atoms in total. The SMILES string of the molecule is CCOC(=O)CNC(=O)NCc1nc(C)cs1. The largest absolute Gasteiger partial charge is 0.465 e. The van der Waals surface area contributed by atoms with Gasteiger partial charge in [0.15, 0.2) is 0 Å². The Morgan fingerprint density at radius 3 is 2.82 bits per heavy atom. The highest BCUT2D eigenvalue weighted by atomic mass is 32.1. The van der Waals surface area contributed by atoms with E-state index >= 15 is 0 Å². The molecule has 2 amide bonds. The van der Waals surface area contributed by atoms with Gasteiger partial charge in [-0.15, -0.1) is 11.3 Å². The fraction of sp³-hybridized carbons (Fsp3) is 0.500. The van der Waals surface area contributed by atoms with E-state index in [0.717, 1.165) is 10.7 Å². The van der Waals surface area contributed by atoms with E-state index in [2.05, 4.69) is 20.4 Å². The number of nitrogens with one attached hydrogen (secondary N) is 2. The topological polar surface area (TPSA) is 80.3 Å². The molecule has 0 unspecified atom stereocenters. The number of hydrogen-bond donors (Lipinski definition) is 2. The first kappa shape index (κ1) is 13.4. The van der Waals surface area contributed by atoms with Crippen molar-refractivity contribution in [3.05, 3.63) is 16.1 Å². The maximum atomic E-state index is 11.3. The monoisotopic (exact) mass is 257 g/mol. The van der Waals surface area contributed by atoms with Crippen LogP contribution in [0.5, 0.6) is 0 Å². The Bertz CT molecular complexity index is 392. The molecule has 2 N–H and O–H groups in total. The summed E-state index contributed by atoms with van der Waals surface area (Å²) in [5, 5.41) is 7.73. The van der Waals surface area contributed by atoms with Crippen molar-refractivity contribution in [2.24, 2.45) is 0 Å². The summed E-state index contributed by atoms with van der Waals surface area (Å²) < 4.78 is 4.67. The van der Waals surface area contributed by atoms with Crippen LogP contribution in [-0.4, -0.2) is 30.1 Å². The second kappa shape index (κ2) is 6.85. The molecular formula is C10H15N3O3S. The number of carbonyl (C=O) groups excluding carboxylic acids is 2. The molecule has 0 saturated carbocycles. The number of aromatic nitrogens is 1. The summed E-state index contributed by atoms with van der Waals surface area (Å²) >= 11 is 1.48. The summed E-state index contributed by atoms with van der Waals surface area (Å²) in [6.45, 7) is 4.13. The van der Waals surface area contributed by atoms with Gasteiger partial charge in [0, 0.05) is 11.1 Å². The lowest BCUT2D eigenvalue weighted by Gasteiger charge is -2.05. The van der Waals surface area contributed by atoms with Crippen molar-refractivity contribution < 1.29 is 14.3 Å². The van der Waals surface area contributed by atoms with E-state index in [1.807, 2.05) is 12.3 Å². The van der Waals surface area contributed by atoms with Crippen LogP contribution in [0.1, 0.15) is 17.6 Å². The quantitative estimate of drug-likeness (QED) is 0.765. The molecule has 0 aliphatic carbocycles. The highest BCUT2D eigenvalue weighted by molar-refractivity contribution is 7.09. The Balaban J connectivity index is 2.19. The molecule has 0 aromatic carbocycles. The molecule has 1 aromatic rings. The Morgan fingerprint density at radius 2 is 2.24 bits per heavy atom. The van der Waals surface area contributed by atoms with Crippen LogP contribution in [0, 0.1) is 6.92 Å². The van der Waals surface area contributed by atoms with E-state index in [0.29, 0.717) is 13.2 Å². The third-order valence-corrected chi connectivity index (χ3v) is 2.73. The molecule has 1 heterocycles. The van der Waals surface area contributed by atoms with Gasteiger partial charge in [0.1, 0.15) is 11.6 Å². The molecule has 0 bridgehead atoms. The number of nitrogens with zero attached hydrogens (tertiary/aromatic N) is 1. The van der Waals surface area contributed by atoms with E-state index in [4.69, 9.17) is 0 Å². The van der Waals surface area contributed by atoms with Crippen LogP contribution in [0.2, 0.25) is 0 Å². The van der Waals surface area contributed by atoms with Crippen molar-refractivity contribution in [2.45, 2.75) is 20.4 Å². The molecule has 0 fully saturated rings. The normalized spacial score (nSPS) is 9.76. The minimum Gasteiger partial charge on any atom is -0.465 e. The van der Waals surface area contributed by atoms with Crippen LogP contribution in [0.15, 0.2) is 5.38 Å². The summed E-state index contributed by atoms with van der Waals surface area (Å²) in [4.78, 5) is 26.4. The molecule has 0 atom stereocenters. The molecule has 0 aliphatic heterocycles. The molecule has 1 aromatic heterocycles. The summed E-state index contributed by atoms with van der Waals surface area (Å²) in [6, 6.07) is -0.411. The first-order valence-electron chi connectivity index (χ1n) is 5.20. The maximum Gasteiger partial charge on any atom is 0.325 e. The van der Waals surface area contributed by atoms with Gasteiger partial charge in [0.05, 0.1) is 13.2 Å². The van der Waals surface area contributed by atoms with E-state index in [-0.39, 0.29) is 6.54 Å². The van der Waals surface area contributed by atoms with E-state index in [1.54, 1.807) is 6.92 Å². The van der Waals surface area contributed by atoms with Gasteiger partial charge in [-0.2, -0.15) is 0 Å². The van der Waals surface area contributed by atoms with Crippen molar-refractivity contribution >= 4 is 23.3 Å². The van der Waals surface area contributed by atoms with Crippen molar-refractivity contribution in [2.75, 3.05) is 13.2 Å². The number of carbonyl (C=O) groups is 2. The fourth-order valence-corrected chi connectivity index (χ4v) is 1.78. The highest BCUT2D eigenvalue weighted by Gasteiger charge is 2.06. The molecule has 94 valence electrons. The molecule has 7 heteroatoms. The summed E-state index contributed by atoms with van der Waals surface area (Å²) in [6.07, 6.45) is 0. The van der Waals surface area contributed by atoms with Crippen molar-refractivity contribution in [1.29, 1.82) is 0 Å². The minimum atomic E-state index is -0.451. The van der Waals surface area contributed by atoms with Crippen LogP contribution < -0.4 is 10.6 Å². The Labute approximate surface area is 103 Å². The fourth-order valence-electron chi connectivity index (χ4n) is 1.07. The second-order valence-electron chi connectivity index (χ2n) is 3.22. The predicted molar refractivity (Wildman–Crippen MR) is 63.7 cm³/mol. The number of thiazole rings is 1. The maximum absolute atomic E-state index is 11.3. The van der Waals surface area contributed by atoms with Gasteiger partial charge in [0.2, 0.25) is 0 Å². The van der Waals surface area contributed by atoms with Crippen LogP contribution in [-0.2, 0) is 16.1 Å². The molecule has 0 saturated heterocycles. The zero-order chi connectivity index (χ0) is 12.7. The summed E-state index contributed by atoms with van der Waals surface area (Å²) in [5.74, 6) is -0.451. The number of amides is 2. The summed E-state index contributed by atoms with van der Waals surface area (Å²) in [7, 11) is 0. The zero-order valence-electron chi connectivity index (χ0n) is 9.78. The zero-order valence-corrected chi connectivity index (χ0v) is 10.6. The van der Waals surface area contributed by atoms with E-state index in [9.17, 15) is 9.59 Å². The standard InChI is InChI=1S/C10H15N3O3S/c1-3-16-9(14)5-12-10(15)11-4-8-13-7(2)6-17-8/h6H,3-5H2,1-2H3,(H2,11,12,15). The Morgan fingerprint density at radius 1 is 1.47 bits per heavy atom. The Hall–Kier alpha value is -1.63. The third-order valence-electron chi connectivity index (χ3n) is 1.77. The first-order valence-corrected chi connectivity index (χ1v) is 6.08. The average molecular weight is 257 g/mol. The number of aryl methyl sites for hydroxylation is 1. The smallest absolute Gasteiger partial charge is 0.325 e. The number of hydrogen-bond acceptors (Lipinski definition) is 5. The number of urea groups is 1. The number of ether oxygens (including phenoxy) is 1. The predicted octanol–water partition coefficient (Wildman–Crippen LogP) is 0.814. The number of rotatable bonds is 5. The molecule has 1 rings (SSSR count). The van der Waals surface area contributed by atoms with Crippen LogP contribution in [0.4, 0.5) is 4.79 Å². The Kier molecular flexibility index (Phi) is 5.41. The van der Waals surface area contributed by atoms with Gasteiger partial charge < -0.3 is 15.4 Å². The van der Waals surface area contributed by atoms with Crippen LogP contribution in [0.25, 0.3) is 0 Å². The lowest BCUT2D eigenvalue weighted by Crippen LogP contribution is -2.38. The van der Waals surface area contributed by atoms with E-state index in [1.165, 1.54) is 11.3 Å². The first-order chi connectivity index (χ1) is 8.11. The molecule has 0 aliphatic rings. The summed E-state index contributed by atoms with van der Waals surface area (Å²) in [5.41, 5.74) is 0.929. The van der Waals surface area contributed by atoms with Crippen molar-refractivity contribution in [3.63, 3.8) is 0 Å². The van der Waals surface area contributed by atoms with E-state index < -0.39 is 12.0 Å². The van der Waals surface area contributed by atoms with Gasteiger partial charge >= 0.3 is 12.0 Å². The number of esters is 1. The third kappa shape index (κ3) is 5.30. The van der Waals surface area contributed by atoms with Gasteiger partial charge in [-0.05, 0) is 13.8 Å². The minimum absolute atomic E-state index is 0.128. The van der Waals surface area contributed by atoms with Crippen molar-refractivity contribution in [3.8, 4) is 0 Å². The van der Waals surface area contributed by atoms with Gasteiger partial charge in [-0.1, -0.05) is 0 Å². The lowest BCUT2D eigenvalue weighted by atomic mass is 10.5. The molecular weight excluding hydrogens is 242 g/mol. The van der Waals surface area contributed by atoms with Gasteiger partial charge in [-0.25, -0.2) is 9.78 Å². The highest BCUT2D eigenvalue weighted by Crippen LogP contribution is 2.07. The van der Waals surface area contributed by atoms with Gasteiger partial charge in [-0.3, -0.25) is 4.79 Å². The lowest BCUT2D eigenvalue weighted by molar-refractivity contribution is -0.141. The van der Waals surface area contributed by atoms with Gasteiger partial charge in [0.25, 0.3) is 0 Å². The molecule has 0 radical (unpaired) electrons. The van der Waals surface area contributed by atoms with Crippen LogP contribution in [0.3, 0.4) is 0 Å². The van der Waals surface area contributed by atoms with Crippen LogP contribution >= 0.6 is 11.3 Å².